The highest BCUT2D eigenvalue weighted by Gasteiger charge is 2.57. The van der Waals surface area contributed by atoms with Crippen molar-refractivity contribution in [3.63, 3.8) is 0 Å². The number of halogens is 2. The van der Waals surface area contributed by atoms with Crippen molar-refractivity contribution in [1.29, 1.82) is 0 Å². The van der Waals surface area contributed by atoms with Gasteiger partial charge in [-0.3, -0.25) is 9.59 Å². The molecule has 0 radical (unpaired) electrons. The second-order valence-corrected chi connectivity index (χ2v) is 7.72. The van der Waals surface area contributed by atoms with E-state index < -0.39 is 47.4 Å². The summed E-state index contributed by atoms with van der Waals surface area (Å²) < 4.78 is 26.0. The molecule has 4 heterocycles. The average molecular weight is 378 g/mol. The molecular weight excluding hydrogens is 354 g/mol. The highest BCUT2D eigenvalue weighted by Crippen LogP contribution is 2.41. The van der Waals surface area contributed by atoms with Crippen LogP contribution in [0.25, 0.3) is 0 Å². The van der Waals surface area contributed by atoms with Crippen LogP contribution in [-0.2, 0) is 9.59 Å². The van der Waals surface area contributed by atoms with Crippen molar-refractivity contribution < 1.29 is 38.8 Å². The molecule has 10 heteroatoms. The molecule has 8 nitrogen and oxygen atoms in total. The first-order valence-corrected chi connectivity index (χ1v) is 8.67. The second-order valence-electron chi connectivity index (χ2n) is 7.72. The molecule has 6 atom stereocenters. The lowest BCUT2D eigenvalue weighted by Gasteiger charge is -2.28. The number of hydrogen-bond acceptors (Lipinski definition) is 6. The Labute approximate surface area is 149 Å². The number of alkyl halides is 2. The van der Waals surface area contributed by atoms with Crippen LogP contribution in [0.4, 0.5) is 8.78 Å². The number of carbonyl (C=O) groups excluding carboxylic acids is 2. The average Bonchev–Trinajstić information content (AvgIpc) is 3.23. The summed E-state index contributed by atoms with van der Waals surface area (Å²) in [5.74, 6) is -1.18. The minimum atomic E-state index is -1.50. The SMILES string of the molecule is O=C1C(F)CC2(CO)CC(O)CN12.O=C1C(F)CC2(CO)CC(O)CN12. The van der Waals surface area contributed by atoms with Crippen molar-refractivity contribution in [3.05, 3.63) is 0 Å². The number of nitrogens with zero attached hydrogens (tertiary/aromatic N) is 2. The molecule has 4 aliphatic heterocycles. The van der Waals surface area contributed by atoms with Gasteiger partial charge in [0.25, 0.3) is 11.8 Å². The Morgan fingerprint density at radius 1 is 0.808 bits per heavy atom. The van der Waals surface area contributed by atoms with Gasteiger partial charge in [0.1, 0.15) is 0 Å². The minimum absolute atomic E-state index is 0.0133. The van der Waals surface area contributed by atoms with E-state index in [1.807, 2.05) is 0 Å². The first-order valence-electron chi connectivity index (χ1n) is 8.67. The quantitative estimate of drug-likeness (QED) is 0.446. The third-order valence-corrected chi connectivity index (χ3v) is 5.94. The molecule has 0 aromatic rings. The molecule has 4 fully saturated rings. The summed E-state index contributed by atoms with van der Waals surface area (Å²) in [7, 11) is 0. The van der Waals surface area contributed by atoms with Gasteiger partial charge in [0, 0.05) is 38.8 Å². The van der Waals surface area contributed by atoms with Gasteiger partial charge in [-0.25, -0.2) is 8.78 Å². The van der Waals surface area contributed by atoms with Gasteiger partial charge in [0.15, 0.2) is 12.3 Å². The van der Waals surface area contributed by atoms with Gasteiger partial charge in [-0.15, -0.1) is 0 Å². The standard InChI is InChI=1S/2C8H12FNO3/c2*9-6-2-8(4-11)1-5(12)3-10(8)7(6)13/h2*5-6,11-12H,1-4H2. The molecule has 0 saturated carbocycles. The van der Waals surface area contributed by atoms with Crippen LogP contribution >= 0.6 is 0 Å². The van der Waals surface area contributed by atoms with Crippen LogP contribution in [0.5, 0.6) is 0 Å². The van der Waals surface area contributed by atoms with Gasteiger partial charge in [0.2, 0.25) is 0 Å². The fourth-order valence-electron chi connectivity index (χ4n) is 4.68. The Kier molecular flexibility index (Phi) is 4.97. The Morgan fingerprint density at radius 2 is 1.15 bits per heavy atom. The number of carbonyl (C=O) groups is 2. The zero-order valence-corrected chi connectivity index (χ0v) is 14.2. The molecule has 148 valence electrons. The molecule has 0 aliphatic carbocycles. The predicted octanol–water partition coefficient (Wildman–Crippen LogP) is -1.89. The Balaban J connectivity index is 0.000000151. The molecule has 4 saturated heterocycles. The third-order valence-electron chi connectivity index (χ3n) is 5.94. The predicted molar refractivity (Wildman–Crippen MR) is 83.3 cm³/mol. The Morgan fingerprint density at radius 3 is 1.42 bits per heavy atom. The highest BCUT2D eigenvalue weighted by molar-refractivity contribution is 5.85. The first kappa shape index (κ1) is 19.4. The van der Waals surface area contributed by atoms with Gasteiger partial charge in [-0.2, -0.15) is 0 Å². The molecule has 0 bridgehead atoms. The Hall–Kier alpha value is -1.36. The van der Waals surface area contributed by atoms with Crippen LogP contribution in [0.15, 0.2) is 0 Å². The summed E-state index contributed by atoms with van der Waals surface area (Å²) >= 11 is 0. The molecule has 4 rings (SSSR count). The number of hydrogen-bond donors (Lipinski definition) is 4. The molecule has 0 aromatic carbocycles. The number of β-amino-alcohol motifs (C(OH)–C–C–N with tert-alkyl or cyclic N) is 2. The van der Waals surface area contributed by atoms with E-state index in [1.165, 1.54) is 9.80 Å². The summed E-state index contributed by atoms with van der Waals surface area (Å²) in [5, 5.41) is 36.8. The molecule has 4 N–H and O–H groups in total. The van der Waals surface area contributed by atoms with Crippen LogP contribution in [0, 0.1) is 0 Å². The van der Waals surface area contributed by atoms with E-state index in [-0.39, 0.29) is 52.0 Å². The lowest BCUT2D eigenvalue weighted by Crippen LogP contribution is -2.43. The topological polar surface area (TPSA) is 122 Å². The Bertz CT molecular complexity index is 545. The summed E-state index contributed by atoms with van der Waals surface area (Å²) in [4.78, 5) is 25.0. The smallest absolute Gasteiger partial charge is 0.257 e. The monoisotopic (exact) mass is 378 g/mol. The zero-order valence-electron chi connectivity index (χ0n) is 14.2. The molecule has 26 heavy (non-hydrogen) atoms. The van der Waals surface area contributed by atoms with Crippen molar-refractivity contribution in [1.82, 2.24) is 9.80 Å². The van der Waals surface area contributed by atoms with Crippen LogP contribution in [0.1, 0.15) is 25.7 Å². The van der Waals surface area contributed by atoms with Crippen LogP contribution in [-0.4, -0.2) is 104 Å². The van der Waals surface area contributed by atoms with Crippen molar-refractivity contribution in [3.8, 4) is 0 Å². The molecule has 0 spiro atoms. The molecule has 0 aromatic heterocycles. The normalized spacial score (nSPS) is 44.2. The molecular formula is C16H24F2N2O6. The number of aliphatic hydroxyl groups excluding tert-OH is 4. The van der Waals surface area contributed by atoms with Crippen LogP contribution in [0.2, 0.25) is 0 Å². The summed E-state index contributed by atoms with van der Waals surface area (Å²) in [6.07, 6.45) is -3.64. The summed E-state index contributed by atoms with van der Waals surface area (Å²) in [6, 6.07) is 0. The van der Waals surface area contributed by atoms with Crippen molar-refractivity contribution in [2.24, 2.45) is 0 Å². The van der Waals surface area contributed by atoms with E-state index in [0.717, 1.165) is 0 Å². The maximum absolute atomic E-state index is 13.0. The van der Waals surface area contributed by atoms with E-state index in [4.69, 9.17) is 10.2 Å². The zero-order chi connectivity index (χ0) is 19.3. The van der Waals surface area contributed by atoms with E-state index in [9.17, 15) is 28.6 Å². The van der Waals surface area contributed by atoms with Crippen molar-refractivity contribution in [2.75, 3.05) is 26.3 Å². The van der Waals surface area contributed by atoms with E-state index >= 15 is 0 Å². The maximum atomic E-state index is 13.0. The van der Waals surface area contributed by atoms with E-state index in [0.29, 0.717) is 0 Å². The summed E-state index contributed by atoms with van der Waals surface area (Å²) in [5.41, 5.74) is -1.65. The fourth-order valence-corrected chi connectivity index (χ4v) is 4.68. The largest absolute Gasteiger partial charge is 0.394 e. The number of amides is 2. The first-order chi connectivity index (χ1) is 12.2. The summed E-state index contributed by atoms with van der Waals surface area (Å²) in [6.45, 7) is -0.230. The highest BCUT2D eigenvalue weighted by atomic mass is 19.1. The third kappa shape index (κ3) is 2.88. The lowest BCUT2D eigenvalue weighted by atomic mass is 9.94. The second kappa shape index (κ2) is 6.66. The van der Waals surface area contributed by atoms with E-state index in [1.54, 1.807) is 0 Å². The van der Waals surface area contributed by atoms with Gasteiger partial charge in [-0.1, -0.05) is 0 Å². The molecule has 4 aliphatic rings. The van der Waals surface area contributed by atoms with Gasteiger partial charge in [0.05, 0.1) is 36.5 Å². The van der Waals surface area contributed by atoms with Gasteiger partial charge < -0.3 is 30.2 Å². The minimum Gasteiger partial charge on any atom is -0.394 e. The van der Waals surface area contributed by atoms with E-state index in [2.05, 4.69) is 0 Å². The van der Waals surface area contributed by atoms with Crippen LogP contribution < -0.4 is 0 Å². The number of rotatable bonds is 2. The van der Waals surface area contributed by atoms with Gasteiger partial charge >= 0.3 is 0 Å². The molecule has 2 amide bonds. The van der Waals surface area contributed by atoms with Gasteiger partial charge in [-0.05, 0) is 0 Å². The lowest BCUT2D eigenvalue weighted by molar-refractivity contribution is -0.134. The van der Waals surface area contributed by atoms with Crippen LogP contribution in [0.3, 0.4) is 0 Å². The molecule has 6 unspecified atom stereocenters. The maximum Gasteiger partial charge on any atom is 0.257 e. The van der Waals surface area contributed by atoms with Crippen molar-refractivity contribution >= 4 is 11.8 Å². The fraction of sp³-hybridized carbons (Fsp3) is 0.875. The number of aliphatic hydroxyl groups is 4. The number of fused-ring (bicyclic) bond motifs is 2. The van der Waals surface area contributed by atoms with Crippen molar-refractivity contribution in [2.45, 2.75) is 61.3 Å².